The lowest BCUT2D eigenvalue weighted by atomic mass is 9.88. The zero-order chi connectivity index (χ0) is 17.3. The van der Waals surface area contributed by atoms with Crippen LogP contribution >= 0.6 is 34.3 Å². The summed E-state index contributed by atoms with van der Waals surface area (Å²) in [5.41, 5.74) is 1.57. The summed E-state index contributed by atoms with van der Waals surface area (Å²) in [7, 11) is 0. The van der Waals surface area contributed by atoms with Gasteiger partial charge in [-0.15, -0.1) is 22.7 Å². The molecule has 24 heavy (non-hydrogen) atoms. The van der Waals surface area contributed by atoms with Gasteiger partial charge in [-0.05, 0) is 49.8 Å². The van der Waals surface area contributed by atoms with Crippen LogP contribution in [0.3, 0.4) is 0 Å². The second-order valence-corrected chi connectivity index (χ2v) is 8.65. The van der Waals surface area contributed by atoms with Crippen LogP contribution in [0.5, 0.6) is 0 Å². The topological polar surface area (TPSA) is 55.4 Å². The summed E-state index contributed by atoms with van der Waals surface area (Å²) < 4.78 is 5.77. The first-order chi connectivity index (χ1) is 11.5. The number of hydrogen-bond acceptors (Lipinski definition) is 5. The van der Waals surface area contributed by atoms with Gasteiger partial charge in [0, 0.05) is 4.88 Å². The van der Waals surface area contributed by atoms with Crippen LogP contribution in [0.1, 0.15) is 50.7 Å². The van der Waals surface area contributed by atoms with Crippen LogP contribution in [0.4, 0.5) is 5.00 Å². The lowest BCUT2D eigenvalue weighted by Gasteiger charge is -2.18. The smallest absolute Gasteiger partial charge is 0.341 e. The molecule has 0 fully saturated rings. The summed E-state index contributed by atoms with van der Waals surface area (Å²) in [5.74, 6) is -0.0148. The van der Waals surface area contributed by atoms with E-state index in [0.717, 1.165) is 24.8 Å². The van der Waals surface area contributed by atoms with E-state index in [1.54, 1.807) is 19.1 Å². The summed E-state index contributed by atoms with van der Waals surface area (Å²) >= 11 is 8.60. The Morgan fingerprint density at radius 3 is 2.83 bits per heavy atom. The number of carbonyl (C=O) groups is 2. The van der Waals surface area contributed by atoms with E-state index in [4.69, 9.17) is 16.3 Å². The van der Waals surface area contributed by atoms with Crippen molar-refractivity contribution in [2.24, 2.45) is 5.92 Å². The first-order valence-corrected chi connectivity index (χ1v) is 9.89. The number of thiophene rings is 2. The Labute approximate surface area is 153 Å². The maximum Gasteiger partial charge on any atom is 0.341 e. The van der Waals surface area contributed by atoms with Crippen molar-refractivity contribution >= 4 is 51.2 Å². The van der Waals surface area contributed by atoms with E-state index in [-0.39, 0.29) is 11.9 Å². The quantitative estimate of drug-likeness (QED) is 0.754. The number of rotatable bonds is 4. The Kier molecular flexibility index (Phi) is 5.27. The molecule has 7 heteroatoms. The highest BCUT2D eigenvalue weighted by Gasteiger charge is 2.29. The van der Waals surface area contributed by atoms with Gasteiger partial charge in [0.25, 0.3) is 5.91 Å². The van der Waals surface area contributed by atoms with Crippen LogP contribution in [-0.4, -0.2) is 18.5 Å². The van der Waals surface area contributed by atoms with Gasteiger partial charge in [0.2, 0.25) is 0 Å². The highest BCUT2D eigenvalue weighted by atomic mass is 35.5. The van der Waals surface area contributed by atoms with Crippen LogP contribution in [-0.2, 0) is 17.6 Å². The molecule has 1 aliphatic carbocycles. The number of halogens is 1. The molecule has 128 valence electrons. The molecule has 4 nitrogen and oxygen atoms in total. The molecule has 0 aliphatic heterocycles. The van der Waals surface area contributed by atoms with Crippen LogP contribution in [0.2, 0.25) is 4.34 Å². The van der Waals surface area contributed by atoms with Crippen molar-refractivity contribution in [3.05, 3.63) is 37.4 Å². The fourth-order valence-electron chi connectivity index (χ4n) is 2.86. The number of hydrogen-bond donors (Lipinski definition) is 1. The van der Waals surface area contributed by atoms with Crippen molar-refractivity contribution in [3.63, 3.8) is 0 Å². The van der Waals surface area contributed by atoms with Gasteiger partial charge in [0.05, 0.1) is 21.4 Å². The standard InChI is InChI=1S/C17H18ClNO3S2/c1-3-22-17(21)14-10-5-4-9(2)8-12(10)24-16(14)19-15(20)11-6-7-13(18)23-11/h6-7,9H,3-5,8H2,1-2H3,(H,19,20). The maximum absolute atomic E-state index is 12.4. The minimum absolute atomic E-state index is 0.246. The van der Waals surface area contributed by atoms with Crippen molar-refractivity contribution in [2.75, 3.05) is 11.9 Å². The summed E-state index contributed by atoms with van der Waals surface area (Å²) in [5, 5.41) is 3.47. The van der Waals surface area contributed by atoms with E-state index in [9.17, 15) is 9.59 Å². The Hall–Kier alpha value is -1.37. The van der Waals surface area contributed by atoms with Crippen LogP contribution < -0.4 is 5.32 Å². The molecule has 2 heterocycles. The fraction of sp³-hybridized carbons (Fsp3) is 0.412. The molecule has 0 bridgehead atoms. The maximum atomic E-state index is 12.4. The van der Waals surface area contributed by atoms with E-state index >= 15 is 0 Å². The number of ether oxygens (including phenoxy) is 1. The van der Waals surface area contributed by atoms with E-state index in [0.29, 0.717) is 32.3 Å². The molecule has 1 amide bonds. The highest BCUT2D eigenvalue weighted by Crippen LogP contribution is 2.40. The van der Waals surface area contributed by atoms with Gasteiger partial charge in [0.15, 0.2) is 0 Å². The molecule has 3 rings (SSSR count). The average Bonchev–Trinajstić information content (AvgIpc) is 3.10. The predicted molar refractivity (Wildman–Crippen MR) is 98.7 cm³/mol. The molecule has 1 N–H and O–H groups in total. The zero-order valence-electron chi connectivity index (χ0n) is 13.5. The van der Waals surface area contributed by atoms with E-state index in [2.05, 4.69) is 12.2 Å². The second kappa shape index (κ2) is 7.25. The summed E-state index contributed by atoms with van der Waals surface area (Å²) in [6.07, 6.45) is 2.83. The molecular formula is C17H18ClNO3S2. The molecule has 0 radical (unpaired) electrons. The number of nitrogens with one attached hydrogen (secondary N) is 1. The summed E-state index contributed by atoms with van der Waals surface area (Å²) in [6.45, 7) is 4.30. The minimum Gasteiger partial charge on any atom is -0.462 e. The lowest BCUT2D eigenvalue weighted by Crippen LogP contribution is -2.16. The molecule has 1 atom stereocenters. The number of carbonyl (C=O) groups excluding carboxylic acids is 2. The highest BCUT2D eigenvalue weighted by molar-refractivity contribution is 7.18. The molecule has 0 aromatic carbocycles. The van der Waals surface area contributed by atoms with Crippen molar-refractivity contribution in [3.8, 4) is 0 Å². The molecule has 1 aliphatic rings. The third-order valence-corrected chi connectivity index (χ3v) is 6.41. The predicted octanol–water partition coefficient (Wildman–Crippen LogP) is 5.02. The fourth-order valence-corrected chi connectivity index (χ4v) is 5.19. The van der Waals surface area contributed by atoms with Crippen LogP contribution in [0.25, 0.3) is 0 Å². The first-order valence-electron chi connectivity index (χ1n) is 7.88. The number of anilines is 1. The number of amides is 1. The van der Waals surface area contributed by atoms with Gasteiger partial charge >= 0.3 is 5.97 Å². The Morgan fingerprint density at radius 1 is 1.38 bits per heavy atom. The Bertz CT molecular complexity index is 781. The summed E-state index contributed by atoms with van der Waals surface area (Å²) in [6, 6.07) is 3.37. The zero-order valence-corrected chi connectivity index (χ0v) is 15.9. The molecule has 2 aromatic rings. The van der Waals surface area contributed by atoms with Crippen molar-refractivity contribution < 1.29 is 14.3 Å². The van der Waals surface area contributed by atoms with Crippen LogP contribution in [0.15, 0.2) is 12.1 Å². The molecule has 1 unspecified atom stereocenters. The van der Waals surface area contributed by atoms with E-state index < -0.39 is 0 Å². The average molecular weight is 384 g/mol. The lowest BCUT2D eigenvalue weighted by molar-refractivity contribution is 0.0526. The van der Waals surface area contributed by atoms with Crippen molar-refractivity contribution in [1.29, 1.82) is 0 Å². The number of esters is 1. The van der Waals surface area contributed by atoms with E-state index in [1.165, 1.54) is 27.6 Å². The Morgan fingerprint density at radius 2 is 2.17 bits per heavy atom. The third-order valence-electron chi connectivity index (χ3n) is 4.02. The first kappa shape index (κ1) is 17.5. The summed E-state index contributed by atoms with van der Waals surface area (Å²) in [4.78, 5) is 26.5. The number of fused-ring (bicyclic) bond motifs is 1. The van der Waals surface area contributed by atoms with Crippen LogP contribution in [0, 0.1) is 5.92 Å². The SMILES string of the molecule is CCOC(=O)c1c(NC(=O)c2ccc(Cl)s2)sc2c1CCC(C)C2. The second-order valence-electron chi connectivity index (χ2n) is 5.83. The Balaban J connectivity index is 1.94. The monoisotopic (exact) mass is 383 g/mol. The molecule has 2 aromatic heterocycles. The van der Waals surface area contributed by atoms with Crippen molar-refractivity contribution in [2.45, 2.75) is 33.1 Å². The van der Waals surface area contributed by atoms with Gasteiger partial charge in [-0.3, -0.25) is 4.79 Å². The van der Waals surface area contributed by atoms with E-state index in [1.807, 2.05) is 0 Å². The molecule has 0 saturated carbocycles. The van der Waals surface area contributed by atoms with Gasteiger partial charge in [-0.2, -0.15) is 0 Å². The largest absolute Gasteiger partial charge is 0.462 e. The van der Waals surface area contributed by atoms with Crippen molar-refractivity contribution in [1.82, 2.24) is 0 Å². The van der Waals surface area contributed by atoms with Gasteiger partial charge < -0.3 is 10.1 Å². The van der Waals surface area contributed by atoms with Gasteiger partial charge in [-0.1, -0.05) is 18.5 Å². The minimum atomic E-state index is -0.357. The van der Waals surface area contributed by atoms with Gasteiger partial charge in [-0.25, -0.2) is 4.79 Å². The third kappa shape index (κ3) is 3.50. The molecule has 0 spiro atoms. The van der Waals surface area contributed by atoms with Gasteiger partial charge in [0.1, 0.15) is 5.00 Å². The molecule has 0 saturated heterocycles. The molecular weight excluding hydrogens is 366 g/mol. The normalized spacial score (nSPS) is 16.5.